The number of aryl methyl sites for hydroxylation is 1. The normalized spacial score (nSPS) is 18.2. The van der Waals surface area contributed by atoms with E-state index in [1.165, 1.54) is 0 Å². The van der Waals surface area contributed by atoms with Crippen LogP contribution in [0.4, 0.5) is 10.5 Å². The molecule has 2 aliphatic rings. The third kappa shape index (κ3) is 2.98. The summed E-state index contributed by atoms with van der Waals surface area (Å²) in [5, 5.41) is 2.91. The second kappa shape index (κ2) is 6.84. The quantitative estimate of drug-likeness (QED) is 0.717. The van der Waals surface area contributed by atoms with Gasteiger partial charge in [0.2, 0.25) is 0 Å². The van der Waals surface area contributed by atoms with Crippen LogP contribution in [0, 0.1) is 0 Å². The van der Waals surface area contributed by atoms with Crippen molar-refractivity contribution in [3.05, 3.63) is 47.0 Å². The van der Waals surface area contributed by atoms with Crippen LogP contribution < -0.4 is 20.5 Å². The van der Waals surface area contributed by atoms with Crippen molar-refractivity contribution in [1.82, 2.24) is 19.0 Å². The van der Waals surface area contributed by atoms with Crippen LogP contribution in [0.15, 0.2) is 41.3 Å². The van der Waals surface area contributed by atoms with Gasteiger partial charge in [0.1, 0.15) is 13.2 Å². The van der Waals surface area contributed by atoms with Gasteiger partial charge in [-0.15, -0.1) is 0 Å². The maximum Gasteiger partial charge on any atom is 0.330 e. The van der Waals surface area contributed by atoms with Crippen molar-refractivity contribution in [1.29, 1.82) is 0 Å². The van der Waals surface area contributed by atoms with E-state index in [4.69, 9.17) is 9.47 Å². The molecule has 3 aromatic rings. The molecule has 1 atom stereocenters. The number of nitrogens with zero attached hydrogens (tertiary/aromatic N) is 4. The topological polar surface area (TPSA) is 90.6 Å². The summed E-state index contributed by atoms with van der Waals surface area (Å²) < 4.78 is 14.4. The van der Waals surface area contributed by atoms with Gasteiger partial charge in [-0.25, -0.2) is 14.6 Å². The molecule has 1 N–H and O–H groups in total. The molecule has 2 aliphatic heterocycles. The number of aromatic nitrogens is 3. The maximum absolute atomic E-state index is 12.7. The molecule has 0 bridgehead atoms. The molecule has 0 spiro atoms. The number of fused-ring (bicyclic) bond motifs is 2. The number of hydrogen-bond donors (Lipinski definition) is 1. The van der Waals surface area contributed by atoms with Gasteiger partial charge < -0.3 is 19.7 Å². The number of pyridine rings is 1. The van der Waals surface area contributed by atoms with Gasteiger partial charge in [0.05, 0.1) is 11.6 Å². The first kappa shape index (κ1) is 17.6. The molecule has 0 radical (unpaired) electrons. The lowest BCUT2D eigenvalue weighted by Gasteiger charge is -2.21. The van der Waals surface area contributed by atoms with Crippen LogP contribution in [0.25, 0.3) is 11.2 Å². The summed E-state index contributed by atoms with van der Waals surface area (Å²) in [7, 11) is 1.74. The molecular formula is C20H21N5O4. The first-order chi connectivity index (χ1) is 14.1. The van der Waals surface area contributed by atoms with Gasteiger partial charge in [-0.05, 0) is 30.7 Å². The van der Waals surface area contributed by atoms with Gasteiger partial charge in [-0.2, -0.15) is 0 Å². The standard InChI is InChI=1S/C20H21N5O4/c1-23-15-3-2-7-21-18(15)25(20(23)27)14-6-8-24(12-14)19(26)22-13-4-5-16-17(11-13)29-10-9-28-16/h2-5,7,11,14H,6,8-10,12H2,1H3,(H,22,26)/t14-/m0/s1. The smallest absolute Gasteiger partial charge is 0.330 e. The van der Waals surface area contributed by atoms with E-state index >= 15 is 0 Å². The molecule has 1 fully saturated rings. The number of likely N-dealkylation sites (tertiary alicyclic amines) is 1. The molecule has 0 saturated carbocycles. The number of benzene rings is 1. The Hall–Kier alpha value is -3.49. The highest BCUT2D eigenvalue weighted by atomic mass is 16.6. The van der Waals surface area contributed by atoms with Gasteiger partial charge in [0, 0.05) is 38.1 Å². The minimum absolute atomic E-state index is 0.105. The summed E-state index contributed by atoms with van der Waals surface area (Å²) in [6, 6.07) is 8.72. The van der Waals surface area contributed by atoms with Crippen LogP contribution in [0.1, 0.15) is 12.5 Å². The molecule has 150 valence electrons. The minimum atomic E-state index is -0.203. The SMILES string of the molecule is Cn1c(=O)n([C@H]2CCN(C(=O)Nc3ccc4c(c3)OCCO4)C2)c2ncccc21. The fourth-order valence-corrected chi connectivity index (χ4v) is 3.98. The van der Waals surface area contributed by atoms with Crippen molar-refractivity contribution in [3.63, 3.8) is 0 Å². The molecule has 1 saturated heterocycles. The Balaban J connectivity index is 1.33. The van der Waals surface area contributed by atoms with Crippen LogP contribution in [0.5, 0.6) is 11.5 Å². The summed E-state index contributed by atoms with van der Waals surface area (Å²) in [5.41, 5.74) is 1.97. The highest BCUT2D eigenvalue weighted by Gasteiger charge is 2.30. The van der Waals surface area contributed by atoms with Crippen molar-refractivity contribution in [2.75, 3.05) is 31.6 Å². The van der Waals surface area contributed by atoms with Crippen LogP contribution in [0.2, 0.25) is 0 Å². The van der Waals surface area contributed by atoms with Crippen LogP contribution >= 0.6 is 0 Å². The molecule has 2 aromatic heterocycles. The van der Waals surface area contributed by atoms with E-state index in [9.17, 15) is 9.59 Å². The third-order valence-corrected chi connectivity index (χ3v) is 5.46. The first-order valence-corrected chi connectivity index (χ1v) is 9.59. The predicted octanol–water partition coefficient (Wildman–Crippen LogP) is 1.99. The molecule has 29 heavy (non-hydrogen) atoms. The van der Waals surface area contributed by atoms with Crippen molar-refractivity contribution < 1.29 is 14.3 Å². The zero-order chi connectivity index (χ0) is 20.0. The number of anilines is 1. The molecule has 4 heterocycles. The Morgan fingerprint density at radius 2 is 2.03 bits per heavy atom. The fraction of sp³-hybridized carbons (Fsp3) is 0.350. The van der Waals surface area contributed by atoms with Crippen molar-refractivity contribution in [2.24, 2.45) is 7.05 Å². The Morgan fingerprint density at radius 1 is 1.21 bits per heavy atom. The van der Waals surface area contributed by atoms with Crippen molar-refractivity contribution in [2.45, 2.75) is 12.5 Å². The second-order valence-corrected chi connectivity index (χ2v) is 7.23. The van der Waals surface area contributed by atoms with Gasteiger partial charge in [-0.3, -0.25) is 9.13 Å². The Bertz CT molecular complexity index is 1150. The number of amides is 2. The zero-order valence-corrected chi connectivity index (χ0v) is 16.0. The fourth-order valence-electron chi connectivity index (χ4n) is 3.98. The highest BCUT2D eigenvalue weighted by molar-refractivity contribution is 5.90. The molecule has 0 aliphatic carbocycles. The van der Waals surface area contributed by atoms with Gasteiger partial charge in [0.15, 0.2) is 17.1 Å². The molecule has 5 rings (SSSR count). The average molecular weight is 395 g/mol. The van der Waals surface area contributed by atoms with E-state index in [0.29, 0.717) is 55.6 Å². The molecule has 1 aromatic carbocycles. The number of urea groups is 1. The minimum Gasteiger partial charge on any atom is -0.486 e. The zero-order valence-electron chi connectivity index (χ0n) is 16.0. The summed E-state index contributed by atoms with van der Waals surface area (Å²) in [5.74, 6) is 1.31. The number of imidazole rings is 1. The molecule has 9 nitrogen and oxygen atoms in total. The van der Waals surface area contributed by atoms with Crippen LogP contribution in [0.3, 0.4) is 0 Å². The van der Waals surface area contributed by atoms with Gasteiger partial charge in [-0.1, -0.05) is 0 Å². The summed E-state index contributed by atoms with van der Waals surface area (Å²) in [4.78, 5) is 31.6. The number of carbonyl (C=O) groups is 1. The predicted molar refractivity (Wildman–Crippen MR) is 107 cm³/mol. The first-order valence-electron chi connectivity index (χ1n) is 9.59. The van der Waals surface area contributed by atoms with E-state index < -0.39 is 0 Å². The number of nitrogens with one attached hydrogen (secondary N) is 1. The van der Waals surface area contributed by atoms with Crippen molar-refractivity contribution >= 4 is 22.9 Å². The number of rotatable bonds is 2. The van der Waals surface area contributed by atoms with E-state index in [1.54, 1.807) is 45.5 Å². The van der Waals surface area contributed by atoms with Crippen LogP contribution in [-0.4, -0.2) is 51.4 Å². The monoisotopic (exact) mass is 395 g/mol. The molecule has 9 heteroatoms. The Labute approximate surface area is 166 Å². The number of carbonyl (C=O) groups excluding carboxylic acids is 1. The molecule has 2 amide bonds. The number of ether oxygens (including phenoxy) is 2. The Morgan fingerprint density at radius 3 is 2.90 bits per heavy atom. The summed E-state index contributed by atoms with van der Waals surface area (Å²) in [6.07, 6.45) is 2.38. The summed E-state index contributed by atoms with van der Waals surface area (Å²) >= 11 is 0. The average Bonchev–Trinajstić information content (AvgIpc) is 3.32. The largest absolute Gasteiger partial charge is 0.486 e. The van der Waals surface area contributed by atoms with E-state index in [2.05, 4.69) is 10.3 Å². The molecular weight excluding hydrogens is 374 g/mol. The van der Waals surface area contributed by atoms with E-state index in [-0.39, 0.29) is 17.8 Å². The lowest BCUT2D eigenvalue weighted by Crippen LogP contribution is -2.34. The highest BCUT2D eigenvalue weighted by Crippen LogP contribution is 2.33. The van der Waals surface area contributed by atoms with Gasteiger partial charge >= 0.3 is 11.7 Å². The third-order valence-electron chi connectivity index (χ3n) is 5.46. The van der Waals surface area contributed by atoms with Crippen molar-refractivity contribution in [3.8, 4) is 11.5 Å². The lowest BCUT2D eigenvalue weighted by molar-refractivity contribution is 0.171. The lowest BCUT2D eigenvalue weighted by atomic mass is 10.2. The van der Waals surface area contributed by atoms with Gasteiger partial charge in [0.25, 0.3) is 0 Å². The Kier molecular flexibility index (Phi) is 4.15. The number of hydrogen-bond acceptors (Lipinski definition) is 5. The second-order valence-electron chi connectivity index (χ2n) is 7.23. The van der Waals surface area contributed by atoms with E-state index in [1.807, 2.05) is 12.1 Å². The van der Waals surface area contributed by atoms with Crippen LogP contribution in [-0.2, 0) is 7.05 Å². The maximum atomic E-state index is 12.7. The van der Waals surface area contributed by atoms with E-state index in [0.717, 1.165) is 5.52 Å². The summed E-state index contributed by atoms with van der Waals surface area (Å²) in [6.45, 7) is 2.03. The molecule has 0 unspecified atom stereocenters.